The van der Waals surface area contributed by atoms with Crippen LogP contribution >= 0.6 is 35.7 Å². The predicted octanol–water partition coefficient (Wildman–Crippen LogP) is 3.97. The van der Waals surface area contributed by atoms with Crippen LogP contribution in [-0.2, 0) is 10.2 Å². The lowest BCUT2D eigenvalue weighted by atomic mass is 9.72. The van der Waals surface area contributed by atoms with Crippen molar-refractivity contribution in [3.8, 4) is 0 Å². The van der Waals surface area contributed by atoms with Gasteiger partial charge in [0.2, 0.25) is 0 Å². The molecule has 1 fully saturated rings. The maximum atomic E-state index is 5.65. The van der Waals surface area contributed by atoms with Crippen molar-refractivity contribution >= 4 is 41.7 Å². The van der Waals surface area contributed by atoms with Gasteiger partial charge in [-0.05, 0) is 51.0 Å². The fourth-order valence-corrected chi connectivity index (χ4v) is 3.53. The number of ether oxygens (including phenoxy) is 1. The molecule has 0 amide bonds. The van der Waals surface area contributed by atoms with Crippen LogP contribution in [0, 0.1) is 6.92 Å². The van der Waals surface area contributed by atoms with E-state index in [1.54, 1.807) is 0 Å². The average Bonchev–Trinajstić information content (AvgIpc) is 2.63. The van der Waals surface area contributed by atoms with Crippen LogP contribution in [0.1, 0.15) is 37.8 Å². The second kappa shape index (κ2) is 10.8. The number of guanidine groups is 1. The van der Waals surface area contributed by atoms with Crippen LogP contribution in [0.2, 0.25) is 0 Å². The highest BCUT2D eigenvalue weighted by atomic mass is 127. The largest absolute Gasteiger partial charge is 0.381 e. The van der Waals surface area contributed by atoms with E-state index in [0.717, 1.165) is 45.1 Å². The van der Waals surface area contributed by atoms with E-state index in [1.165, 1.54) is 11.1 Å². The lowest BCUT2D eigenvalue weighted by molar-refractivity contribution is 0.0512. The molecule has 1 aromatic rings. The molecule has 0 radical (unpaired) electrons. The smallest absolute Gasteiger partial charge is 0.191 e. The second-order valence-corrected chi connectivity index (χ2v) is 8.96. The molecule has 1 aromatic carbocycles. The average molecular weight is 491 g/mol. The Balaban J connectivity index is 0.00000338. The minimum atomic E-state index is 0. The molecule has 0 spiro atoms. The second-order valence-electron chi connectivity index (χ2n) is 7.45. The number of rotatable bonds is 6. The molecule has 148 valence electrons. The zero-order valence-corrected chi connectivity index (χ0v) is 19.9. The Kier molecular flexibility index (Phi) is 9.75. The van der Waals surface area contributed by atoms with Crippen molar-refractivity contribution in [3.63, 3.8) is 0 Å². The van der Waals surface area contributed by atoms with Crippen molar-refractivity contribution in [3.05, 3.63) is 35.4 Å². The molecular formula is C20H34IN3OS. The molecule has 0 bridgehead atoms. The summed E-state index contributed by atoms with van der Waals surface area (Å²) in [6, 6.07) is 8.74. The Morgan fingerprint density at radius 3 is 2.46 bits per heavy atom. The summed E-state index contributed by atoms with van der Waals surface area (Å²) in [4.78, 5) is 4.41. The molecule has 2 N–H and O–H groups in total. The number of nitrogens with one attached hydrogen (secondary N) is 2. The van der Waals surface area contributed by atoms with Gasteiger partial charge in [-0.2, -0.15) is 11.8 Å². The van der Waals surface area contributed by atoms with Crippen LogP contribution < -0.4 is 10.6 Å². The highest BCUT2D eigenvalue weighted by Gasteiger charge is 2.35. The zero-order chi connectivity index (χ0) is 18.3. The van der Waals surface area contributed by atoms with Gasteiger partial charge in [-0.25, -0.2) is 0 Å². The molecule has 1 aliphatic rings. The summed E-state index contributed by atoms with van der Waals surface area (Å²) in [7, 11) is 1.84. The van der Waals surface area contributed by atoms with Gasteiger partial charge in [-0.15, -0.1) is 24.0 Å². The number of aryl methyl sites for hydroxylation is 1. The summed E-state index contributed by atoms with van der Waals surface area (Å²) in [6.07, 6.45) is 4.23. The Hall–Kier alpha value is -0.470. The molecule has 26 heavy (non-hydrogen) atoms. The van der Waals surface area contributed by atoms with Crippen LogP contribution in [0.25, 0.3) is 0 Å². The van der Waals surface area contributed by atoms with E-state index in [2.05, 4.69) is 66.9 Å². The number of thioether (sulfide) groups is 1. The molecule has 6 heteroatoms. The molecular weight excluding hydrogens is 457 g/mol. The molecule has 0 aliphatic carbocycles. The first-order valence-electron chi connectivity index (χ1n) is 9.06. The Morgan fingerprint density at radius 1 is 1.23 bits per heavy atom. The van der Waals surface area contributed by atoms with E-state index in [1.807, 2.05) is 18.8 Å². The zero-order valence-electron chi connectivity index (χ0n) is 16.7. The molecule has 0 aromatic heterocycles. The molecule has 0 saturated carbocycles. The summed E-state index contributed by atoms with van der Waals surface area (Å²) in [6.45, 7) is 10.1. The molecule has 2 rings (SSSR count). The Morgan fingerprint density at radius 2 is 1.88 bits per heavy atom. The van der Waals surface area contributed by atoms with E-state index in [4.69, 9.17) is 4.74 Å². The van der Waals surface area contributed by atoms with Crippen LogP contribution in [0.4, 0.5) is 0 Å². The number of aliphatic imine (C=N–C) groups is 1. The summed E-state index contributed by atoms with van der Waals surface area (Å²) in [5, 5.41) is 7.05. The number of hydrogen-bond acceptors (Lipinski definition) is 3. The molecule has 0 unspecified atom stereocenters. The number of halogens is 1. The normalized spacial score (nSPS) is 17.3. The third-order valence-corrected chi connectivity index (χ3v) is 6.47. The van der Waals surface area contributed by atoms with E-state index >= 15 is 0 Å². The van der Waals surface area contributed by atoms with Crippen molar-refractivity contribution in [2.24, 2.45) is 4.99 Å². The molecule has 0 atom stereocenters. The van der Waals surface area contributed by atoms with E-state index in [9.17, 15) is 0 Å². The van der Waals surface area contributed by atoms with Gasteiger partial charge in [0.25, 0.3) is 0 Å². The van der Waals surface area contributed by atoms with Crippen LogP contribution in [0.15, 0.2) is 29.3 Å². The lowest BCUT2D eigenvalue weighted by Gasteiger charge is -2.39. The van der Waals surface area contributed by atoms with Gasteiger partial charge < -0.3 is 15.4 Å². The minimum absolute atomic E-state index is 0. The summed E-state index contributed by atoms with van der Waals surface area (Å²) in [5.41, 5.74) is 2.90. The highest BCUT2D eigenvalue weighted by molar-refractivity contribution is 14.0. The topological polar surface area (TPSA) is 45.7 Å². The van der Waals surface area contributed by atoms with E-state index in [0.29, 0.717) is 0 Å². The molecule has 1 saturated heterocycles. The fraction of sp³-hybridized carbons (Fsp3) is 0.650. The van der Waals surface area contributed by atoms with Crippen molar-refractivity contribution in [1.82, 2.24) is 10.6 Å². The first kappa shape index (κ1) is 23.6. The molecule has 1 heterocycles. The van der Waals surface area contributed by atoms with Gasteiger partial charge >= 0.3 is 0 Å². The van der Waals surface area contributed by atoms with Crippen LogP contribution in [0.5, 0.6) is 0 Å². The first-order valence-corrected chi connectivity index (χ1v) is 10.3. The Labute approximate surface area is 180 Å². The van der Waals surface area contributed by atoms with Crippen molar-refractivity contribution < 1.29 is 4.74 Å². The third-order valence-electron chi connectivity index (χ3n) is 5.22. The number of hydrogen-bond donors (Lipinski definition) is 2. The van der Waals surface area contributed by atoms with Crippen molar-refractivity contribution in [2.45, 2.75) is 43.8 Å². The van der Waals surface area contributed by atoms with Crippen molar-refractivity contribution in [2.75, 3.05) is 39.6 Å². The number of benzene rings is 1. The third kappa shape index (κ3) is 6.30. The summed E-state index contributed by atoms with van der Waals surface area (Å²) >= 11 is 1.86. The Bertz CT molecular complexity index is 586. The highest BCUT2D eigenvalue weighted by Crippen LogP contribution is 2.36. The first-order chi connectivity index (χ1) is 11.9. The molecule has 4 nitrogen and oxygen atoms in total. The van der Waals surface area contributed by atoms with Crippen molar-refractivity contribution in [1.29, 1.82) is 0 Å². The van der Waals surface area contributed by atoms with E-state index < -0.39 is 0 Å². The monoisotopic (exact) mass is 491 g/mol. The quantitative estimate of drug-likeness (QED) is 0.359. The SMILES string of the molecule is CN=C(NCC(C)(C)SC)NCC1(c2ccccc2C)CCOCC1.I. The number of nitrogens with zero attached hydrogens (tertiary/aromatic N) is 1. The van der Waals surface area contributed by atoms with Gasteiger partial charge in [0, 0.05) is 43.5 Å². The van der Waals surface area contributed by atoms with Gasteiger partial charge in [-0.1, -0.05) is 24.3 Å². The lowest BCUT2D eigenvalue weighted by Crippen LogP contribution is -2.50. The van der Waals surface area contributed by atoms with Gasteiger partial charge in [0.1, 0.15) is 0 Å². The van der Waals surface area contributed by atoms with Gasteiger partial charge in [0.15, 0.2) is 5.96 Å². The van der Waals surface area contributed by atoms with Gasteiger partial charge in [0.05, 0.1) is 0 Å². The minimum Gasteiger partial charge on any atom is -0.381 e. The summed E-state index contributed by atoms with van der Waals surface area (Å²) < 4.78 is 5.83. The maximum absolute atomic E-state index is 5.65. The van der Waals surface area contributed by atoms with Gasteiger partial charge in [-0.3, -0.25) is 4.99 Å². The summed E-state index contributed by atoms with van der Waals surface area (Å²) in [5.74, 6) is 0.876. The maximum Gasteiger partial charge on any atom is 0.191 e. The fourth-order valence-electron chi connectivity index (χ4n) is 3.31. The van der Waals surface area contributed by atoms with Crippen LogP contribution in [0.3, 0.4) is 0 Å². The standard InChI is InChI=1S/C20H33N3OS.HI/c1-16-8-6-7-9-17(16)20(10-12-24-13-11-20)15-23-18(21-4)22-14-19(2,3)25-5;/h6-9H,10-15H2,1-5H3,(H2,21,22,23);1H. The predicted molar refractivity (Wildman–Crippen MR) is 125 cm³/mol. The van der Waals surface area contributed by atoms with E-state index in [-0.39, 0.29) is 34.1 Å². The molecule has 1 aliphatic heterocycles. The van der Waals surface area contributed by atoms with Crippen LogP contribution in [-0.4, -0.2) is 50.3 Å².